The first kappa shape index (κ1) is 27.9. The fraction of sp³-hybridized carbons (Fsp3) is 0.452. The number of hydrogen-bond donors (Lipinski definition) is 3. The number of H-pyrrole nitrogens is 1. The maximum atomic E-state index is 12.4. The van der Waals surface area contributed by atoms with Gasteiger partial charge in [0.1, 0.15) is 29.2 Å². The van der Waals surface area contributed by atoms with E-state index in [0.717, 1.165) is 59.1 Å². The largest absolute Gasteiger partial charge is 0.489 e. The number of nitrogens with one attached hydrogen (secondary N) is 3. The van der Waals surface area contributed by atoms with Crippen molar-refractivity contribution in [2.45, 2.75) is 64.2 Å². The second-order valence-corrected chi connectivity index (χ2v) is 12.0. The van der Waals surface area contributed by atoms with Crippen molar-refractivity contribution in [3.63, 3.8) is 0 Å². The minimum Gasteiger partial charge on any atom is -0.489 e. The van der Waals surface area contributed by atoms with Crippen LogP contribution in [-0.2, 0) is 9.47 Å². The molecule has 3 N–H and O–H groups in total. The summed E-state index contributed by atoms with van der Waals surface area (Å²) in [6, 6.07) is 10.4. The molecule has 0 saturated carbocycles. The molecule has 6 rings (SSSR count). The number of fused-ring (bicyclic) bond motifs is 1. The summed E-state index contributed by atoms with van der Waals surface area (Å²) < 4.78 is 17.1. The summed E-state index contributed by atoms with van der Waals surface area (Å²) >= 11 is 0. The van der Waals surface area contributed by atoms with Crippen molar-refractivity contribution >= 4 is 22.8 Å². The summed E-state index contributed by atoms with van der Waals surface area (Å²) in [7, 11) is 0. The summed E-state index contributed by atoms with van der Waals surface area (Å²) in [6.07, 6.45) is 8.93. The van der Waals surface area contributed by atoms with Gasteiger partial charge >= 0.3 is 6.09 Å². The van der Waals surface area contributed by atoms with Gasteiger partial charge in [-0.2, -0.15) is 5.26 Å². The van der Waals surface area contributed by atoms with Gasteiger partial charge in [0.15, 0.2) is 0 Å². The third kappa shape index (κ3) is 6.00. The Labute approximate surface area is 245 Å². The number of ether oxygens (including phenoxy) is 3. The van der Waals surface area contributed by atoms with Gasteiger partial charge in [-0.15, -0.1) is 5.53 Å². The number of hydrazine groups is 2. The number of amides is 1. The number of pyridine rings is 1. The Balaban J connectivity index is 1.16. The predicted molar refractivity (Wildman–Crippen MR) is 158 cm³/mol. The van der Waals surface area contributed by atoms with Crippen molar-refractivity contribution in [1.29, 1.82) is 5.26 Å². The van der Waals surface area contributed by atoms with Gasteiger partial charge in [0.2, 0.25) is 0 Å². The molecule has 42 heavy (non-hydrogen) atoms. The molecule has 11 nitrogen and oxygen atoms in total. The Bertz CT molecular complexity index is 1520. The Hall–Kier alpha value is -4.27. The summed E-state index contributed by atoms with van der Waals surface area (Å²) in [4.78, 5) is 22.1. The third-order valence-corrected chi connectivity index (χ3v) is 7.81. The second-order valence-electron chi connectivity index (χ2n) is 12.0. The van der Waals surface area contributed by atoms with Gasteiger partial charge < -0.3 is 29.5 Å². The molecule has 2 aromatic heterocycles. The van der Waals surface area contributed by atoms with E-state index in [1.165, 1.54) is 0 Å². The van der Waals surface area contributed by atoms with Gasteiger partial charge in [0.05, 0.1) is 30.5 Å². The SMILES string of the molecule is CC(C)(C)OC(=O)N1CCC(N2C=C(c3cnc4[nH]cc(-c5ccc(OC6CCOCC6)c(C#N)c5)c4c3)NN2)CC1. The molecule has 3 aliphatic heterocycles. The van der Waals surface area contributed by atoms with Crippen LogP contribution in [0.25, 0.3) is 27.9 Å². The molecule has 220 valence electrons. The van der Waals surface area contributed by atoms with Crippen molar-refractivity contribution in [3.8, 4) is 22.9 Å². The first-order valence-corrected chi connectivity index (χ1v) is 14.5. The first-order chi connectivity index (χ1) is 20.3. The average molecular weight is 572 g/mol. The molecule has 0 unspecified atom stereocenters. The number of nitriles is 1. The lowest BCUT2D eigenvalue weighted by atomic mass is 10.0. The van der Waals surface area contributed by atoms with Crippen LogP contribution in [-0.4, -0.2) is 70.0 Å². The minimum absolute atomic E-state index is 0.0643. The van der Waals surface area contributed by atoms with Gasteiger partial charge in [0, 0.05) is 61.0 Å². The number of carbonyl (C=O) groups excluding carboxylic acids is 1. The third-order valence-electron chi connectivity index (χ3n) is 7.81. The van der Waals surface area contributed by atoms with E-state index < -0.39 is 5.60 Å². The normalized spacial score (nSPS) is 18.5. The number of benzene rings is 1. The number of nitrogens with zero attached hydrogens (tertiary/aromatic N) is 4. The number of aromatic nitrogens is 2. The average Bonchev–Trinajstić information content (AvgIpc) is 3.65. The van der Waals surface area contributed by atoms with Crippen LogP contribution < -0.4 is 15.7 Å². The van der Waals surface area contributed by atoms with E-state index in [1.54, 1.807) is 4.90 Å². The summed E-state index contributed by atoms with van der Waals surface area (Å²) in [5, 5.41) is 12.9. The van der Waals surface area contributed by atoms with Crippen LogP contribution in [0, 0.1) is 11.3 Å². The number of likely N-dealkylation sites (tertiary alicyclic amines) is 1. The molecule has 5 heterocycles. The molecular formula is C31H37N7O4. The highest BCUT2D eigenvalue weighted by molar-refractivity contribution is 5.95. The van der Waals surface area contributed by atoms with Crippen LogP contribution in [0.3, 0.4) is 0 Å². The van der Waals surface area contributed by atoms with Crippen molar-refractivity contribution < 1.29 is 19.0 Å². The van der Waals surface area contributed by atoms with Gasteiger partial charge in [-0.1, -0.05) is 6.07 Å². The smallest absolute Gasteiger partial charge is 0.410 e. The topological polar surface area (TPSA) is 128 Å². The number of aromatic amines is 1. The minimum atomic E-state index is -0.499. The van der Waals surface area contributed by atoms with Gasteiger partial charge in [-0.3, -0.25) is 5.01 Å². The Kier molecular flexibility index (Phi) is 7.66. The molecule has 3 aliphatic rings. The second kappa shape index (κ2) is 11.5. The van der Waals surface area contributed by atoms with E-state index in [1.807, 2.05) is 51.4 Å². The lowest BCUT2D eigenvalue weighted by molar-refractivity contribution is 0.0144. The van der Waals surface area contributed by atoms with Crippen molar-refractivity contribution in [3.05, 3.63) is 54.0 Å². The van der Waals surface area contributed by atoms with E-state index in [4.69, 9.17) is 14.2 Å². The Morgan fingerprint density at radius 1 is 1.12 bits per heavy atom. The number of piperidine rings is 1. The monoisotopic (exact) mass is 571 g/mol. The van der Waals surface area contributed by atoms with Gasteiger partial charge in [-0.05, 0) is 57.4 Å². The zero-order valence-electron chi connectivity index (χ0n) is 24.3. The van der Waals surface area contributed by atoms with Crippen molar-refractivity contribution in [2.24, 2.45) is 0 Å². The molecule has 1 amide bonds. The molecule has 0 radical (unpaired) electrons. The van der Waals surface area contributed by atoms with E-state index >= 15 is 0 Å². The van der Waals surface area contributed by atoms with E-state index in [0.29, 0.717) is 37.6 Å². The summed E-state index contributed by atoms with van der Waals surface area (Å²) in [6.45, 7) is 8.31. The van der Waals surface area contributed by atoms with E-state index in [-0.39, 0.29) is 18.2 Å². The quantitative estimate of drug-likeness (QED) is 0.400. The summed E-state index contributed by atoms with van der Waals surface area (Å²) in [5.74, 6) is 0.607. The zero-order chi connectivity index (χ0) is 29.3. The van der Waals surface area contributed by atoms with Crippen LogP contribution in [0.15, 0.2) is 42.9 Å². The molecule has 1 aromatic carbocycles. The standard InChI is InChI=1S/C31H37N7O4/c1-31(2,3)42-30(39)37-10-6-23(7-11-37)38-19-27(35-36-38)22-15-25-26(18-34-29(25)33-17-22)20-4-5-28(21(14-20)16-32)41-24-8-12-40-13-9-24/h4-5,14-15,17-19,23-24,35-36H,6-13H2,1-3H3,(H,33,34). The van der Waals surface area contributed by atoms with Crippen LogP contribution >= 0.6 is 0 Å². The molecule has 0 bridgehead atoms. The van der Waals surface area contributed by atoms with Crippen LogP contribution in [0.1, 0.15) is 57.6 Å². The predicted octanol–water partition coefficient (Wildman–Crippen LogP) is 4.68. The molecule has 2 fully saturated rings. The van der Waals surface area contributed by atoms with Crippen LogP contribution in [0.5, 0.6) is 5.75 Å². The fourth-order valence-corrected chi connectivity index (χ4v) is 5.58. The highest BCUT2D eigenvalue weighted by Gasteiger charge is 2.30. The molecule has 11 heteroatoms. The first-order valence-electron chi connectivity index (χ1n) is 14.5. The highest BCUT2D eigenvalue weighted by Crippen LogP contribution is 2.33. The van der Waals surface area contributed by atoms with Crippen LogP contribution in [0.4, 0.5) is 4.79 Å². The van der Waals surface area contributed by atoms with Crippen LogP contribution in [0.2, 0.25) is 0 Å². The molecule has 3 aromatic rings. The zero-order valence-corrected chi connectivity index (χ0v) is 24.3. The maximum absolute atomic E-state index is 12.4. The lowest BCUT2D eigenvalue weighted by Gasteiger charge is -2.36. The fourth-order valence-electron chi connectivity index (χ4n) is 5.58. The van der Waals surface area contributed by atoms with E-state index in [9.17, 15) is 10.1 Å². The van der Waals surface area contributed by atoms with Gasteiger partial charge in [-0.25, -0.2) is 9.78 Å². The maximum Gasteiger partial charge on any atom is 0.410 e. The molecular weight excluding hydrogens is 534 g/mol. The molecule has 0 atom stereocenters. The number of rotatable bonds is 5. The lowest BCUT2D eigenvalue weighted by Crippen LogP contribution is -2.50. The van der Waals surface area contributed by atoms with Gasteiger partial charge in [0.25, 0.3) is 0 Å². The van der Waals surface area contributed by atoms with Crippen molar-refractivity contribution in [1.82, 2.24) is 30.8 Å². The highest BCUT2D eigenvalue weighted by atomic mass is 16.6. The summed E-state index contributed by atoms with van der Waals surface area (Å²) in [5.41, 5.74) is 11.0. The molecule has 0 spiro atoms. The van der Waals surface area contributed by atoms with E-state index in [2.05, 4.69) is 44.3 Å². The molecule has 0 aliphatic carbocycles. The molecule has 2 saturated heterocycles. The van der Waals surface area contributed by atoms with Crippen molar-refractivity contribution in [2.75, 3.05) is 26.3 Å². The Morgan fingerprint density at radius 2 is 1.90 bits per heavy atom. The number of carbonyl (C=O) groups is 1. The number of hydrogen-bond acceptors (Lipinski definition) is 9. The Morgan fingerprint density at radius 3 is 2.64 bits per heavy atom.